The fourth-order valence-electron chi connectivity index (χ4n) is 2.55. The summed E-state index contributed by atoms with van der Waals surface area (Å²) < 4.78 is 0. The first-order chi connectivity index (χ1) is 10.8. The summed E-state index contributed by atoms with van der Waals surface area (Å²) in [6.07, 6.45) is 0. The molecule has 0 saturated heterocycles. The third-order valence-corrected chi connectivity index (χ3v) is 4.49. The third kappa shape index (κ3) is 2.45. The summed E-state index contributed by atoms with van der Waals surface area (Å²) in [5, 5.41) is 9.03. The summed E-state index contributed by atoms with van der Waals surface area (Å²) in [6, 6.07) is 3.80. The monoisotopic (exact) mass is 405 g/mol. The molecule has 3 rings (SSSR count). The second kappa shape index (κ2) is 6.26. The number of ketones is 2. The molecule has 9 heteroatoms. The van der Waals surface area contributed by atoms with Crippen molar-refractivity contribution in [1.29, 1.82) is 0 Å². The van der Waals surface area contributed by atoms with Gasteiger partial charge in [-0.1, -0.05) is 34.8 Å². The molecule has 1 aliphatic carbocycles. The minimum Gasteiger partial charge on any atom is -0.478 e. The molecular weight excluding hydrogens is 400 g/mol. The molecule has 0 unspecified atom stereocenters. The summed E-state index contributed by atoms with van der Waals surface area (Å²) in [5.41, 5.74) is 4.47. The standard InChI is InChI=1S/C15H6Cl3NO4.ClH/c16-5-1-2-6(17)9-8(5)13(20)10-7(18)3-4(15(22)23)12(19)11(10)14(9)21;/h1-3H,19H2,(H,22,23);1H. The number of aromatic carboxylic acids is 1. The fraction of sp³-hybridized carbons (Fsp3) is 0. The number of nitrogens with two attached hydrogens (primary N) is 1. The molecule has 0 aliphatic heterocycles. The lowest BCUT2D eigenvalue weighted by Gasteiger charge is -2.22. The number of carboxylic acids is 1. The first kappa shape index (κ1) is 18.5. The molecule has 2 aromatic rings. The van der Waals surface area contributed by atoms with Crippen molar-refractivity contribution in [2.24, 2.45) is 0 Å². The van der Waals surface area contributed by atoms with Crippen LogP contribution in [0.25, 0.3) is 0 Å². The lowest BCUT2D eigenvalue weighted by Crippen LogP contribution is -2.25. The molecule has 1 aliphatic rings. The highest BCUT2D eigenvalue weighted by Crippen LogP contribution is 2.41. The van der Waals surface area contributed by atoms with Crippen molar-refractivity contribution in [2.75, 3.05) is 5.73 Å². The van der Waals surface area contributed by atoms with Crippen molar-refractivity contribution in [3.8, 4) is 0 Å². The number of carbonyl (C=O) groups is 3. The first-order valence-electron chi connectivity index (χ1n) is 6.18. The van der Waals surface area contributed by atoms with Crippen LogP contribution < -0.4 is 5.73 Å². The molecule has 3 N–H and O–H groups in total. The van der Waals surface area contributed by atoms with Crippen LogP contribution in [0.4, 0.5) is 5.69 Å². The lowest BCUT2D eigenvalue weighted by molar-refractivity contribution is 0.0697. The van der Waals surface area contributed by atoms with Gasteiger partial charge in [0.15, 0.2) is 11.6 Å². The highest BCUT2D eigenvalue weighted by Gasteiger charge is 2.37. The Morgan fingerprint density at radius 3 is 1.75 bits per heavy atom. The van der Waals surface area contributed by atoms with Crippen LogP contribution in [0.2, 0.25) is 15.1 Å². The first-order valence-corrected chi connectivity index (χ1v) is 7.31. The zero-order valence-corrected chi connectivity index (χ0v) is 14.6. The Labute approximate surface area is 156 Å². The van der Waals surface area contributed by atoms with Gasteiger partial charge >= 0.3 is 5.97 Å². The largest absolute Gasteiger partial charge is 0.478 e. The molecule has 0 fully saturated rings. The van der Waals surface area contributed by atoms with Gasteiger partial charge < -0.3 is 10.8 Å². The van der Waals surface area contributed by atoms with E-state index in [0.717, 1.165) is 6.07 Å². The number of halogens is 4. The number of benzene rings is 2. The minimum atomic E-state index is -1.37. The second-order valence-electron chi connectivity index (χ2n) is 4.81. The van der Waals surface area contributed by atoms with Gasteiger partial charge in [0, 0.05) is 0 Å². The number of hydrogen-bond donors (Lipinski definition) is 2. The van der Waals surface area contributed by atoms with Gasteiger partial charge in [-0.05, 0) is 18.2 Å². The van der Waals surface area contributed by atoms with Crippen molar-refractivity contribution in [2.45, 2.75) is 0 Å². The average molecular weight is 407 g/mol. The molecule has 0 saturated carbocycles. The number of carbonyl (C=O) groups excluding carboxylic acids is 2. The Morgan fingerprint density at radius 2 is 1.29 bits per heavy atom. The van der Waals surface area contributed by atoms with Crippen LogP contribution in [0.3, 0.4) is 0 Å². The Balaban J connectivity index is 0.00000208. The molecular formula is C15H7Cl4NO4. The maximum atomic E-state index is 12.7. The van der Waals surface area contributed by atoms with E-state index in [2.05, 4.69) is 0 Å². The van der Waals surface area contributed by atoms with Crippen LogP contribution in [-0.2, 0) is 0 Å². The van der Waals surface area contributed by atoms with Gasteiger partial charge in [0.05, 0.1) is 48.6 Å². The van der Waals surface area contributed by atoms with Gasteiger partial charge in [-0.25, -0.2) is 4.79 Å². The summed E-state index contributed by atoms with van der Waals surface area (Å²) in [6.45, 7) is 0. The number of nitrogen functional groups attached to an aromatic ring is 1. The Bertz CT molecular complexity index is 940. The Hall–Kier alpha value is -1.79. The van der Waals surface area contributed by atoms with E-state index >= 15 is 0 Å². The predicted molar refractivity (Wildman–Crippen MR) is 93.4 cm³/mol. The van der Waals surface area contributed by atoms with Crippen LogP contribution in [0, 0.1) is 0 Å². The highest BCUT2D eigenvalue weighted by atomic mass is 35.5. The summed E-state index contributed by atoms with van der Waals surface area (Å²) in [7, 11) is 0. The molecule has 0 aromatic heterocycles. The van der Waals surface area contributed by atoms with Crippen molar-refractivity contribution < 1.29 is 19.5 Å². The van der Waals surface area contributed by atoms with Crippen molar-refractivity contribution in [1.82, 2.24) is 0 Å². The molecule has 0 heterocycles. The molecule has 5 nitrogen and oxygen atoms in total. The predicted octanol–water partition coefficient (Wildman–Crippen LogP) is 4.12. The maximum Gasteiger partial charge on any atom is 0.337 e. The van der Waals surface area contributed by atoms with E-state index in [4.69, 9.17) is 45.6 Å². The molecule has 124 valence electrons. The quantitative estimate of drug-likeness (QED) is 0.592. The van der Waals surface area contributed by atoms with Gasteiger partial charge in [-0.2, -0.15) is 0 Å². The normalized spacial score (nSPS) is 12.3. The molecule has 0 amide bonds. The summed E-state index contributed by atoms with van der Waals surface area (Å²) >= 11 is 18.0. The second-order valence-corrected chi connectivity index (χ2v) is 6.03. The van der Waals surface area contributed by atoms with E-state index < -0.39 is 17.5 Å². The lowest BCUT2D eigenvalue weighted by atomic mass is 9.82. The highest BCUT2D eigenvalue weighted by molar-refractivity contribution is 6.46. The molecule has 2 aromatic carbocycles. The van der Waals surface area contributed by atoms with Gasteiger partial charge in [0.25, 0.3) is 0 Å². The van der Waals surface area contributed by atoms with E-state index in [-0.39, 0.29) is 61.0 Å². The minimum absolute atomic E-state index is 0. The van der Waals surface area contributed by atoms with Gasteiger partial charge in [0.1, 0.15) is 0 Å². The Morgan fingerprint density at radius 1 is 0.875 bits per heavy atom. The Kier molecular flexibility index (Phi) is 4.84. The van der Waals surface area contributed by atoms with Gasteiger partial charge in [0.2, 0.25) is 0 Å². The average Bonchev–Trinajstić information content (AvgIpc) is 2.48. The van der Waals surface area contributed by atoms with Crippen LogP contribution in [0.15, 0.2) is 18.2 Å². The zero-order chi connectivity index (χ0) is 17.0. The zero-order valence-electron chi connectivity index (χ0n) is 11.5. The maximum absolute atomic E-state index is 12.7. The molecule has 0 bridgehead atoms. The van der Waals surface area contributed by atoms with Crippen LogP contribution in [0.5, 0.6) is 0 Å². The van der Waals surface area contributed by atoms with Crippen LogP contribution >= 0.6 is 47.2 Å². The molecule has 0 radical (unpaired) electrons. The van der Waals surface area contributed by atoms with E-state index in [1.165, 1.54) is 12.1 Å². The number of fused-ring (bicyclic) bond motifs is 2. The number of rotatable bonds is 1. The number of carboxylic acid groups (broad SMARTS) is 1. The molecule has 0 atom stereocenters. The van der Waals surface area contributed by atoms with E-state index in [1.807, 2.05) is 0 Å². The van der Waals surface area contributed by atoms with E-state index in [0.29, 0.717) is 0 Å². The third-order valence-electron chi connectivity index (χ3n) is 3.56. The van der Waals surface area contributed by atoms with Crippen molar-refractivity contribution in [3.05, 3.63) is 61.1 Å². The van der Waals surface area contributed by atoms with Crippen LogP contribution in [0.1, 0.15) is 42.2 Å². The topological polar surface area (TPSA) is 97.5 Å². The van der Waals surface area contributed by atoms with E-state index in [9.17, 15) is 14.4 Å². The smallest absolute Gasteiger partial charge is 0.337 e. The van der Waals surface area contributed by atoms with Crippen LogP contribution in [-0.4, -0.2) is 22.6 Å². The fourth-order valence-corrected chi connectivity index (χ4v) is 3.32. The van der Waals surface area contributed by atoms with Gasteiger partial charge in [-0.15, -0.1) is 12.4 Å². The number of hydrogen-bond acceptors (Lipinski definition) is 4. The summed E-state index contributed by atoms with van der Waals surface area (Å²) in [4.78, 5) is 36.7. The van der Waals surface area contributed by atoms with Gasteiger partial charge in [-0.3, -0.25) is 9.59 Å². The van der Waals surface area contributed by atoms with Crippen molar-refractivity contribution >= 4 is 70.4 Å². The van der Waals surface area contributed by atoms with E-state index in [1.54, 1.807) is 0 Å². The molecule has 24 heavy (non-hydrogen) atoms. The SMILES string of the molecule is Cl.Nc1c(C(=O)O)cc(Cl)c2c1C(=O)c1c(Cl)ccc(Cl)c1C2=O. The van der Waals surface area contributed by atoms with Crippen molar-refractivity contribution in [3.63, 3.8) is 0 Å². The molecule has 0 spiro atoms. The number of anilines is 1. The summed E-state index contributed by atoms with van der Waals surface area (Å²) in [5.74, 6) is -2.68.